The molecule has 1 amide bonds. The molecule has 3 heterocycles. The molecule has 1 fully saturated rings. The Hall–Kier alpha value is -3.60. The average Bonchev–Trinajstić information content (AvgIpc) is 2.78. The van der Waals surface area contributed by atoms with E-state index < -0.39 is 10.0 Å². The standard InChI is InChI=1S/C20H19N5O5S/c26-18-12-25(8-7-21-18)20-19(22-14-3-1-2-4-15(14)23-20)24-31(27,28)13-5-6-16-17(11-13)30-10-9-29-16/h1-6,11H,7-10,12H2,(H,21,26)(H,22,24). The van der Waals surface area contributed by atoms with E-state index in [1.165, 1.54) is 12.1 Å². The number of amides is 1. The molecule has 0 spiro atoms. The first kappa shape index (κ1) is 19.4. The largest absolute Gasteiger partial charge is 0.486 e. The van der Waals surface area contributed by atoms with Crippen LogP contribution in [0.2, 0.25) is 0 Å². The maximum atomic E-state index is 13.1. The summed E-state index contributed by atoms with van der Waals surface area (Å²) in [5.41, 5.74) is 1.14. The van der Waals surface area contributed by atoms with Gasteiger partial charge in [0.25, 0.3) is 10.0 Å². The molecule has 160 valence electrons. The van der Waals surface area contributed by atoms with Crippen molar-refractivity contribution in [1.82, 2.24) is 15.3 Å². The zero-order valence-electron chi connectivity index (χ0n) is 16.4. The highest BCUT2D eigenvalue weighted by molar-refractivity contribution is 7.92. The van der Waals surface area contributed by atoms with E-state index in [9.17, 15) is 13.2 Å². The van der Waals surface area contributed by atoms with Crippen molar-refractivity contribution < 1.29 is 22.7 Å². The highest BCUT2D eigenvalue weighted by Gasteiger charge is 2.26. The average molecular weight is 441 g/mol. The molecule has 3 aromatic rings. The first-order valence-corrected chi connectivity index (χ1v) is 11.2. The Bertz CT molecular complexity index is 1280. The zero-order valence-corrected chi connectivity index (χ0v) is 17.2. The lowest BCUT2D eigenvalue weighted by atomic mass is 10.3. The number of nitrogens with one attached hydrogen (secondary N) is 2. The smallest absolute Gasteiger partial charge is 0.263 e. The van der Waals surface area contributed by atoms with Gasteiger partial charge in [-0.3, -0.25) is 9.52 Å². The van der Waals surface area contributed by atoms with E-state index in [-0.39, 0.29) is 23.2 Å². The lowest BCUT2D eigenvalue weighted by Crippen LogP contribution is -2.48. The number of hydrogen-bond acceptors (Lipinski definition) is 8. The number of carbonyl (C=O) groups is 1. The van der Waals surface area contributed by atoms with Crippen LogP contribution >= 0.6 is 0 Å². The van der Waals surface area contributed by atoms with Gasteiger partial charge in [-0.1, -0.05) is 12.1 Å². The SMILES string of the molecule is O=C1CN(c2nc3ccccc3nc2NS(=O)(=O)c2ccc3c(c2)OCCO3)CCN1. The zero-order chi connectivity index (χ0) is 21.4. The van der Waals surface area contributed by atoms with Gasteiger partial charge >= 0.3 is 0 Å². The molecule has 0 aliphatic carbocycles. The number of sulfonamides is 1. The Labute approximate surface area is 178 Å². The maximum absolute atomic E-state index is 13.1. The minimum Gasteiger partial charge on any atom is -0.486 e. The van der Waals surface area contributed by atoms with Crippen molar-refractivity contribution in [3.8, 4) is 11.5 Å². The highest BCUT2D eigenvalue weighted by Crippen LogP contribution is 2.33. The second-order valence-corrected chi connectivity index (χ2v) is 8.75. The number of para-hydroxylation sites is 2. The molecular weight excluding hydrogens is 422 g/mol. The Morgan fingerprint density at radius 2 is 1.74 bits per heavy atom. The summed E-state index contributed by atoms with van der Waals surface area (Å²) in [4.78, 5) is 22.7. The van der Waals surface area contributed by atoms with Crippen molar-refractivity contribution in [2.45, 2.75) is 4.90 Å². The van der Waals surface area contributed by atoms with Crippen LogP contribution in [-0.4, -0.2) is 57.1 Å². The lowest BCUT2D eigenvalue weighted by Gasteiger charge is -2.29. The van der Waals surface area contributed by atoms with E-state index in [1.54, 1.807) is 29.2 Å². The fraction of sp³-hybridized carbons (Fsp3) is 0.250. The third-order valence-electron chi connectivity index (χ3n) is 4.95. The Kier molecular flexibility index (Phi) is 4.74. The van der Waals surface area contributed by atoms with Crippen molar-refractivity contribution in [2.75, 3.05) is 42.5 Å². The molecule has 0 radical (unpaired) electrons. The minimum atomic E-state index is -4.01. The van der Waals surface area contributed by atoms with Crippen molar-refractivity contribution in [3.63, 3.8) is 0 Å². The van der Waals surface area contributed by atoms with Crippen LogP contribution in [0, 0.1) is 0 Å². The molecular formula is C20H19N5O5S. The molecule has 0 unspecified atom stereocenters. The third kappa shape index (κ3) is 3.79. The Morgan fingerprint density at radius 3 is 2.52 bits per heavy atom. The van der Waals surface area contributed by atoms with Gasteiger partial charge in [-0.25, -0.2) is 18.4 Å². The number of benzene rings is 2. The molecule has 2 aliphatic heterocycles. The van der Waals surface area contributed by atoms with Gasteiger partial charge < -0.3 is 19.7 Å². The number of aromatic nitrogens is 2. The molecule has 5 rings (SSSR count). The van der Waals surface area contributed by atoms with Crippen molar-refractivity contribution in [2.24, 2.45) is 0 Å². The summed E-state index contributed by atoms with van der Waals surface area (Å²) >= 11 is 0. The van der Waals surface area contributed by atoms with Crippen LogP contribution < -0.4 is 24.4 Å². The summed E-state index contributed by atoms with van der Waals surface area (Å²) in [6, 6.07) is 11.6. The van der Waals surface area contributed by atoms with Crippen LogP contribution in [0.25, 0.3) is 11.0 Å². The summed E-state index contributed by atoms with van der Waals surface area (Å²) in [5, 5.41) is 2.75. The van der Waals surface area contributed by atoms with E-state index in [0.29, 0.717) is 54.7 Å². The van der Waals surface area contributed by atoms with Crippen LogP contribution in [0.15, 0.2) is 47.4 Å². The predicted octanol–water partition coefficient (Wildman–Crippen LogP) is 1.14. The van der Waals surface area contributed by atoms with Gasteiger partial charge in [0, 0.05) is 19.2 Å². The fourth-order valence-corrected chi connectivity index (χ4v) is 4.49. The summed E-state index contributed by atoms with van der Waals surface area (Å²) in [6.07, 6.45) is 0. The van der Waals surface area contributed by atoms with Gasteiger partial charge in [0.2, 0.25) is 5.91 Å². The number of nitrogens with zero attached hydrogens (tertiary/aromatic N) is 3. The number of hydrogen-bond donors (Lipinski definition) is 2. The minimum absolute atomic E-state index is 0.00838. The van der Waals surface area contributed by atoms with Crippen LogP contribution in [0.1, 0.15) is 0 Å². The molecule has 0 bridgehead atoms. The summed E-state index contributed by atoms with van der Waals surface area (Å²) < 4.78 is 39.8. The van der Waals surface area contributed by atoms with Crippen LogP contribution in [-0.2, 0) is 14.8 Å². The normalized spacial score (nSPS) is 16.1. The van der Waals surface area contributed by atoms with Crippen molar-refractivity contribution in [3.05, 3.63) is 42.5 Å². The van der Waals surface area contributed by atoms with Gasteiger partial charge in [-0.2, -0.15) is 0 Å². The number of ether oxygens (including phenoxy) is 2. The van der Waals surface area contributed by atoms with Gasteiger partial charge in [-0.05, 0) is 24.3 Å². The van der Waals surface area contributed by atoms with Crippen LogP contribution in [0.5, 0.6) is 11.5 Å². The van der Waals surface area contributed by atoms with Gasteiger partial charge in [0.05, 0.1) is 22.5 Å². The predicted molar refractivity (Wildman–Crippen MR) is 113 cm³/mol. The van der Waals surface area contributed by atoms with Crippen LogP contribution in [0.4, 0.5) is 11.6 Å². The van der Waals surface area contributed by atoms with Crippen LogP contribution in [0.3, 0.4) is 0 Å². The second-order valence-electron chi connectivity index (χ2n) is 7.07. The summed E-state index contributed by atoms with van der Waals surface area (Å²) in [7, 11) is -4.01. The lowest BCUT2D eigenvalue weighted by molar-refractivity contribution is -0.120. The Balaban J connectivity index is 1.55. The fourth-order valence-electron chi connectivity index (χ4n) is 3.48. The van der Waals surface area contributed by atoms with Gasteiger partial charge in [0.1, 0.15) is 13.2 Å². The molecule has 1 saturated heterocycles. The Morgan fingerprint density at radius 1 is 1.00 bits per heavy atom. The molecule has 0 atom stereocenters. The molecule has 10 nitrogen and oxygen atoms in total. The molecule has 2 aromatic carbocycles. The molecule has 2 aliphatic rings. The third-order valence-corrected chi connectivity index (χ3v) is 6.28. The molecule has 1 aromatic heterocycles. The molecule has 0 saturated carbocycles. The molecule has 2 N–H and O–H groups in total. The van der Waals surface area contributed by atoms with E-state index in [1.807, 2.05) is 6.07 Å². The first-order valence-electron chi connectivity index (χ1n) is 9.70. The summed E-state index contributed by atoms with van der Waals surface area (Å²) in [6.45, 7) is 1.74. The number of anilines is 2. The van der Waals surface area contributed by atoms with E-state index >= 15 is 0 Å². The van der Waals surface area contributed by atoms with Gasteiger partial charge in [-0.15, -0.1) is 0 Å². The molecule has 11 heteroatoms. The number of carbonyl (C=O) groups excluding carboxylic acids is 1. The van der Waals surface area contributed by atoms with Gasteiger partial charge in [0.15, 0.2) is 23.1 Å². The highest BCUT2D eigenvalue weighted by atomic mass is 32.2. The number of fused-ring (bicyclic) bond motifs is 2. The first-order chi connectivity index (χ1) is 15.0. The topological polar surface area (TPSA) is 123 Å². The number of rotatable bonds is 4. The summed E-state index contributed by atoms with van der Waals surface area (Å²) in [5.74, 6) is 1.06. The van der Waals surface area contributed by atoms with E-state index in [0.717, 1.165) is 0 Å². The second kappa shape index (κ2) is 7.58. The quantitative estimate of drug-likeness (QED) is 0.618. The van der Waals surface area contributed by atoms with Crippen molar-refractivity contribution in [1.29, 1.82) is 0 Å². The van der Waals surface area contributed by atoms with E-state index in [4.69, 9.17) is 9.47 Å². The van der Waals surface area contributed by atoms with Crippen molar-refractivity contribution >= 4 is 38.6 Å². The number of piperazine rings is 1. The molecule has 31 heavy (non-hydrogen) atoms. The van der Waals surface area contributed by atoms with E-state index in [2.05, 4.69) is 20.0 Å². The maximum Gasteiger partial charge on any atom is 0.263 e. The monoisotopic (exact) mass is 441 g/mol.